The maximum Gasteiger partial charge on any atom is 0.764 e. The van der Waals surface area contributed by atoms with Crippen molar-refractivity contribution in [2.75, 3.05) is 34.4 Å². The summed E-state index contributed by atoms with van der Waals surface area (Å²) >= 11 is 0. The Morgan fingerprint density at radius 2 is 1.82 bits per heavy atom. The van der Waals surface area contributed by atoms with Crippen molar-refractivity contribution < 1.29 is 18.8 Å². The third kappa shape index (κ3) is 43.3. The summed E-state index contributed by atoms with van der Waals surface area (Å²) < 4.78 is 13.7. The molecule has 2 N–H and O–H groups in total. The zero-order valence-corrected chi connectivity index (χ0v) is 8.07. The normalized spacial score (nSPS) is 8.45. The van der Waals surface area contributed by atoms with Crippen molar-refractivity contribution in [3.8, 4) is 0 Å². The van der Waals surface area contributed by atoms with Crippen LogP contribution in [-0.2, 0) is 8.89 Å². The molecule has 68 valence electrons. The summed E-state index contributed by atoms with van der Waals surface area (Å²) in [7, 11) is 3.19. The zero-order chi connectivity index (χ0) is 9.28. The van der Waals surface area contributed by atoms with Gasteiger partial charge in [-0.3, -0.25) is 4.46 Å². The summed E-state index contributed by atoms with van der Waals surface area (Å²) in [6.07, 6.45) is 0. The van der Waals surface area contributed by atoms with E-state index in [0.29, 0.717) is 0 Å². The lowest BCUT2D eigenvalue weighted by Gasteiger charge is -1.90. The van der Waals surface area contributed by atoms with E-state index in [1.807, 2.05) is 26.0 Å². The van der Waals surface area contributed by atoms with E-state index < -0.39 is 9.17 Å². The molecule has 0 aliphatic carbocycles. The Bertz CT molecular complexity index is 95.7. The lowest BCUT2D eigenvalue weighted by molar-refractivity contribution is 0.163. The zero-order valence-electron chi connectivity index (χ0n) is 7.07. The predicted octanol–water partition coefficient (Wildman–Crippen LogP) is -1.42. The molecule has 0 aromatic heterocycles. The Morgan fingerprint density at radius 3 is 1.91 bits per heavy atom. The van der Waals surface area contributed by atoms with Gasteiger partial charge in [0.1, 0.15) is 0 Å². The molecule has 0 heterocycles. The molecule has 0 amide bonds. The number of aliphatic hydroxyl groups is 1. The van der Waals surface area contributed by atoms with Crippen molar-refractivity contribution in [3.63, 3.8) is 0 Å². The Kier molecular flexibility index (Phi) is 11.4. The summed E-state index contributed by atoms with van der Waals surface area (Å²) in [6.45, 7) is -0.273. The number of hydrogen-bond acceptors (Lipinski definition) is 4. The van der Waals surface area contributed by atoms with Crippen molar-refractivity contribution in [3.05, 3.63) is 0 Å². The molecule has 0 rings (SSSR count). The van der Waals surface area contributed by atoms with Crippen LogP contribution in [0.1, 0.15) is 0 Å². The highest BCUT2D eigenvalue weighted by Gasteiger charge is 1.99. The van der Waals surface area contributed by atoms with Gasteiger partial charge in [0.2, 0.25) is 0 Å². The average Bonchev–Trinajstić information content (AvgIpc) is 1.82. The summed E-state index contributed by atoms with van der Waals surface area (Å²) in [6, 6.07) is 0. The van der Waals surface area contributed by atoms with Crippen LogP contribution in [0.5, 0.6) is 0 Å². The van der Waals surface area contributed by atoms with Crippen LogP contribution in [0.3, 0.4) is 0 Å². The van der Waals surface area contributed by atoms with E-state index in [1.54, 1.807) is 0 Å². The van der Waals surface area contributed by atoms with Gasteiger partial charge >= 0.3 is 9.17 Å². The Hall–Kier alpha value is -0.463. The molecule has 5 nitrogen and oxygen atoms in total. The van der Waals surface area contributed by atoms with Gasteiger partial charge in [-0.2, -0.15) is 0 Å². The van der Waals surface area contributed by atoms with E-state index >= 15 is 0 Å². The van der Waals surface area contributed by atoms with Crippen LogP contribution >= 0.6 is 0 Å². The number of nitrogens with zero attached hydrogens (tertiary/aromatic N) is 1. The molecule has 0 fully saturated rings. The molecular weight excluding hydrogens is 166 g/mol. The number of hydrogen-bond donors (Lipinski definition) is 2. The van der Waals surface area contributed by atoms with E-state index in [-0.39, 0.29) is 13.2 Å². The van der Waals surface area contributed by atoms with Crippen molar-refractivity contribution in [1.29, 1.82) is 0 Å². The van der Waals surface area contributed by atoms with Crippen LogP contribution in [0.4, 0.5) is 0 Å². The smallest absolute Gasteiger partial charge is 0.511 e. The molecule has 0 saturated carbocycles. The van der Waals surface area contributed by atoms with E-state index in [2.05, 4.69) is 4.43 Å². The highest BCUT2D eigenvalue weighted by atomic mass is 28.3. The monoisotopic (exact) mass is 181 g/mol. The molecular formula is C5H15NO4Si. The quantitative estimate of drug-likeness (QED) is 0.523. The minimum Gasteiger partial charge on any atom is -0.511 e. The van der Waals surface area contributed by atoms with Crippen molar-refractivity contribution in [2.45, 2.75) is 0 Å². The van der Waals surface area contributed by atoms with Crippen molar-refractivity contribution in [1.82, 2.24) is 4.90 Å². The standard InChI is InChI=1S/C3H9N.C2H6O4Si/c1-4(2)3;3-1-2-6-7(4)5/h1-3H3;3-4H,1-2H2. The third-order valence-corrected chi connectivity index (χ3v) is 0.768. The first-order chi connectivity index (χ1) is 5.00. The Morgan fingerprint density at radius 1 is 1.45 bits per heavy atom. The van der Waals surface area contributed by atoms with Gasteiger partial charge < -0.3 is 19.2 Å². The second kappa shape index (κ2) is 9.54. The van der Waals surface area contributed by atoms with E-state index in [4.69, 9.17) is 9.90 Å². The third-order valence-electron chi connectivity index (χ3n) is 0.317. The largest absolute Gasteiger partial charge is 0.764 e. The van der Waals surface area contributed by atoms with Crippen LogP contribution in [0, 0.1) is 0 Å². The fourth-order valence-electron chi connectivity index (χ4n) is 0.133. The fourth-order valence-corrected chi connectivity index (χ4v) is 0.399. The van der Waals surface area contributed by atoms with Gasteiger partial charge in [0, 0.05) is 0 Å². The topological polar surface area (TPSA) is 70.0 Å². The summed E-state index contributed by atoms with van der Waals surface area (Å²) in [5, 5.41) is 7.96. The van der Waals surface area contributed by atoms with E-state index in [0.717, 1.165) is 0 Å². The first-order valence-electron chi connectivity index (χ1n) is 3.08. The maximum absolute atomic E-state index is 9.61. The molecule has 11 heavy (non-hydrogen) atoms. The molecule has 0 aromatic rings. The molecule has 0 aliphatic rings. The van der Waals surface area contributed by atoms with Crippen LogP contribution in [0.25, 0.3) is 0 Å². The lowest BCUT2D eigenvalue weighted by atomic mass is 10.8. The molecule has 0 unspecified atom stereocenters. The molecule has 0 radical (unpaired) electrons. The molecule has 0 bridgehead atoms. The first-order valence-corrected chi connectivity index (χ1v) is 4.34. The minimum atomic E-state index is -2.81. The van der Waals surface area contributed by atoms with Crippen LogP contribution < -0.4 is 0 Å². The van der Waals surface area contributed by atoms with Gasteiger partial charge in [-0.15, -0.1) is 0 Å². The van der Waals surface area contributed by atoms with Gasteiger partial charge in [0.05, 0.1) is 13.2 Å². The molecule has 0 aromatic carbocycles. The number of rotatable bonds is 3. The average molecular weight is 181 g/mol. The van der Waals surface area contributed by atoms with E-state index in [1.165, 1.54) is 0 Å². The highest BCUT2D eigenvalue weighted by Crippen LogP contribution is 1.65. The molecule has 0 aliphatic heterocycles. The van der Waals surface area contributed by atoms with Crippen LogP contribution in [0.2, 0.25) is 0 Å². The predicted molar refractivity (Wildman–Crippen MR) is 41.3 cm³/mol. The van der Waals surface area contributed by atoms with Crippen LogP contribution in [0.15, 0.2) is 0 Å². The van der Waals surface area contributed by atoms with Crippen molar-refractivity contribution in [2.24, 2.45) is 0 Å². The van der Waals surface area contributed by atoms with Gasteiger partial charge in [-0.05, 0) is 21.1 Å². The Labute approximate surface area is 68.1 Å². The SMILES string of the molecule is CN(C)C.O=[Si](O)OCCO. The molecule has 0 spiro atoms. The Balaban J connectivity index is 0. The molecule has 0 saturated heterocycles. The lowest BCUT2D eigenvalue weighted by Crippen LogP contribution is -2.08. The molecule has 6 heteroatoms. The first kappa shape index (κ1) is 13.2. The minimum absolute atomic E-state index is 0.0612. The van der Waals surface area contributed by atoms with Gasteiger partial charge in [0.15, 0.2) is 0 Å². The van der Waals surface area contributed by atoms with Gasteiger partial charge in [-0.25, -0.2) is 0 Å². The molecule has 0 atom stereocenters. The summed E-state index contributed by atoms with van der Waals surface area (Å²) in [5.41, 5.74) is 0. The second-order valence-corrected chi connectivity index (χ2v) is 3.00. The van der Waals surface area contributed by atoms with Gasteiger partial charge in [0.25, 0.3) is 0 Å². The maximum atomic E-state index is 9.61. The van der Waals surface area contributed by atoms with E-state index in [9.17, 15) is 4.46 Å². The van der Waals surface area contributed by atoms with Crippen LogP contribution in [-0.4, -0.2) is 58.3 Å². The highest BCUT2D eigenvalue weighted by molar-refractivity contribution is 6.24. The van der Waals surface area contributed by atoms with Crippen molar-refractivity contribution >= 4 is 9.17 Å². The summed E-state index contributed by atoms with van der Waals surface area (Å²) in [5.74, 6) is 0. The summed E-state index contributed by atoms with van der Waals surface area (Å²) in [4.78, 5) is 9.90. The number of aliphatic hydroxyl groups excluding tert-OH is 1. The fraction of sp³-hybridized carbons (Fsp3) is 1.00. The second-order valence-electron chi connectivity index (χ2n) is 2.18. The van der Waals surface area contributed by atoms with Gasteiger partial charge in [-0.1, -0.05) is 0 Å².